The number of thiol groups is 1. The number of carbonyl (C=O) groups is 1. The molecule has 0 unspecified atom stereocenters. The Morgan fingerprint density at radius 2 is 1.95 bits per heavy atom. The zero-order chi connectivity index (χ0) is 14.0. The third-order valence-corrected chi connectivity index (χ3v) is 5.35. The Hall–Kier alpha value is -1.01. The molecule has 6 heteroatoms. The summed E-state index contributed by atoms with van der Waals surface area (Å²) in [6.07, 6.45) is 0.987. The minimum atomic E-state index is -2.89. The van der Waals surface area contributed by atoms with Crippen LogP contribution >= 0.6 is 12.6 Å². The second-order valence-corrected chi connectivity index (χ2v) is 7.72. The minimum Gasteiger partial charge on any atom is -0.349 e. The fraction of sp³-hybridized carbons (Fsp3) is 0.462. The zero-order valence-corrected chi connectivity index (χ0v) is 12.4. The van der Waals surface area contributed by atoms with Gasteiger partial charge in [0.15, 0.2) is 0 Å². The molecule has 1 fully saturated rings. The van der Waals surface area contributed by atoms with E-state index in [9.17, 15) is 13.2 Å². The maximum absolute atomic E-state index is 12.2. The SMILES string of the molecule is Cc1ccc(S)cc1C(=O)NC1CCS(=O)(=O)CC1. The van der Waals surface area contributed by atoms with Crippen LogP contribution in [0.4, 0.5) is 0 Å². The zero-order valence-electron chi connectivity index (χ0n) is 10.7. The molecule has 19 heavy (non-hydrogen) atoms. The van der Waals surface area contributed by atoms with Crippen molar-refractivity contribution in [3.05, 3.63) is 29.3 Å². The minimum absolute atomic E-state index is 0.0565. The topological polar surface area (TPSA) is 63.2 Å². The molecule has 1 saturated heterocycles. The number of carbonyl (C=O) groups excluding carboxylic acids is 1. The molecule has 1 aliphatic rings. The van der Waals surface area contributed by atoms with Crippen LogP contribution in [0.1, 0.15) is 28.8 Å². The number of hydrogen-bond donors (Lipinski definition) is 2. The normalized spacial score (nSPS) is 19.1. The molecule has 0 aliphatic carbocycles. The van der Waals surface area contributed by atoms with Crippen molar-refractivity contribution in [1.82, 2.24) is 5.32 Å². The fourth-order valence-electron chi connectivity index (χ4n) is 2.15. The summed E-state index contributed by atoms with van der Waals surface area (Å²) in [5, 5.41) is 2.90. The van der Waals surface area contributed by atoms with Crippen molar-refractivity contribution in [2.45, 2.75) is 30.7 Å². The Bertz CT molecular complexity index is 582. The van der Waals surface area contributed by atoms with Gasteiger partial charge < -0.3 is 5.32 Å². The lowest BCUT2D eigenvalue weighted by molar-refractivity contribution is 0.0933. The van der Waals surface area contributed by atoms with Crippen LogP contribution in [0, 0.1) is 6.92 Å². The van der Waals surface area contributed by atoms with Crippen LogP contribution in [-0.2, 0) is 9.84 Å². The highest BCUT2D eigenvalue weighted by molar-refractivity contribution is 7.91. The Labute approximate surface area is 118 Å². The summed E-state index contributed by atoms with van der Waals surface area (Å²) in [6, 6.07) is 5.36. The van der Waals surface area contributed by atoms with E-state index >= 15 is 0 Å². The van der Waals surface area contributed by atoms with Gasteiger partial charge in [0.25, 0.3) is 5.91 Å². The number of sulfone groups is 1. The summed E-state index contributed by atoms with van der Waals surface area (Å²) in [7, 11) is -2.89. The highest BCUT2D eigenvalue weighted by Gasteiger charge is 2.25. The van der Waals surface area contributed by atoms with E-state index in [1.54, 1.807) is 6.07 Å². The first kappa shape index (κ1) is 14.4. The smallest absolute Gasteiger partial charge is 0.251 e. The molecule has 104 valence electrons. The molecule has 4 nitrogen and oxygen atoms in total. The number of hydrogen-bond acceptors (Lipinski definition) is 4. The average molecular weight is 299 g/mol. The summed E-state index contributed by atoms with van der Waals surface area (Å²) >= 11 is 4.23. The van der Waals surface area contributed by atoms with E-state index in [4.69, 9.17) is 0 Å². The van der Waals surface area contributed by atoms with Gasteiger partial charge in [-0.05, 0) is 37.5 Å². The molecule has 0 atom stereocenters. The number of amides is 1. The molecule has 1 N–H and O–H groups in total. The van der Waals surface area contributed by atoms with Crippen molar-refractivity contribution in [1.29, 1.82) is 0 Å². The van der Waals surface area contributed by atoms with E-state index in [1.165, 1.54) is 0 Å². The van der Waals surface area contributed by atoms with Crippen LogP contribution in [0.2, 0.25) is 0 Å². The lowest BCUT2D eigenvalue weighted by Gasteiger charge is -2.23. The molecule has 2 rings (SSSR count). The van der Waals surface area contributed by atoms with Gasteiger partial charge in [0.2, 0.25) is 0 Å². The molecule has 0 saturated carbocycles. The van der Waals surface area contributed by atoms with Crippen molar-refractivity contribution in [2.75, 3.05) is 11.5 Å². The van der Waals surface area contributed by atoms with Gasteiger partial charge in [0.1, 0.15) is 9.84 Å². The monoisotopic (exact) mass is 299 g/mol. The van der Waals surface area contributed by atoms with Gasteiger partial charge in [0.05, 0.1) is 11.5 Å². The van der Waals surface area contributed by atoms with Crippen LogP contribution in [0.15, 0.2) is 23.1 Å². The van der Waals surface area contributed by atoms with E-state index < -0.39 is 9.84 Å². The maximum Gasteiger partial charge on any atom is 0.251 e. The van der Waals surface area contributed by atoms with E-state index in [0.717, 1.165) is 10.5 Å². The molecule has 1 aliphatic heterocycles. The van der Waals surface area contributed by atoms with Gasteiger partial charge in [-0.25, -0.2) is 8.42 Å². The van der Waals surface area contributed by atoms with E-state index in [-0.39, 0.29) is 23.5 Å². The number of rotatable bonds is 2. The summed E-state index contributed by atoms with van der Waals surface area (Å²) in [5.74, 6) is 0.158. The predicted octanol–water partition coefficient (Wildman–Crippen LogP) is 1.59. The molecule has 1 heterocycles. The summed E-state index contributed by atoms with van der Waals surface area (Å²) < 4.78 is 22.7. The van der Waals surface area contributed by atoms with E-state index in [2.05, 4.69) is 17.9 Å². The second kappa shape index (κ2) is 5.54. The third-order valence-electron chi connectivity index (χ3n) is 3.36. The van der Waals surface area contributed by atoms with Crippen LogP contribution in [-0.4, -0.2) is 31.9 Å². The van der Waals surface area contributed by atoms with Crippen molar-refractivity contribution >= 4 is 28.4 Å². The van der Waals surface area contributed by atoms with Crippen molar-refractivity contribution in [3.63, 3.8) is 0 Å². The Morgan fingerprint density at radius 1 is 1.32 bits per heavy atom. The van der Waals surface area contributed by atoms with Gasteiger partial charge in [0, 0.05) is 16.5 Å². The van der Waals surface area contributed by atoms with Gasteiger partial charge in [-0.2, -0.15) is 0 Å². The number of nitrogens with one attached hydrogen (secondary N) is 1. The first-order valence-corrected chi connectivity index (χ1v) is 8.45. The number of aryl methyl sites for hydroxylation is 1. The van der Waals surface area contributed by atoms with Crippen molar-refractivity contribution < 1.29 is 13.2 Å². The molecule has 0 radical (unpaired) electrons. The standard InChI is InChI=1S/C13H17NO3S2/c1-9-2-3-11(18)8-12(9)13(15)14-10-4-6-19(16,17)7-5-10/h2-3,8,10,18H,4-7H2,1H3,(H,14,15). The predicted molar refractivity (Wildman–Crippen MR) is 77.6 cm³/mol. The highest BCUT2D eigenvalue weighted by atomic mass is 32.2. The first-order valence-electron chi connectivity index (χ1n) is 6.18. The van der Waals surface area contributed by atoms with E-state index in [0.29, 0.717) is 18.4 Å². The summed E-state index contributed by atoms with van der Waals surface area (Å²) in [6.45, 7) is 1.87. The average Bonchev–Trinajstić information content (AvgIpc) is 2.35. The van der Waals surface area contributed by atoms with Gasteiger partial charge in [-0.15, -0.1) is 12.6 Å². The van der Waals surface area contributed by atoms with Crippen molar-refractivity contribution in [3.8, 4) is 0 Å². The quantitative estimate of drug-likeness (QED) is 0.815. The van der Waals surface area contributed by atoms with Gasteiger partial charge in [-0.1, -0.05) is 6.07 Å². The first-order chi connectivity index (χ1) is 8.87. The maximum atomic E-state index is 12.2. The Kier molecular flexibility index (Phi) is 4.20. The van der Waals surface area contributed by atoms with E-state index in [1.807, 2.05) is 19.1 Å². The third kappa shape index (κ3) is 3.73. The molecule has 0 spiro atoms. The molecule has 1 aromatic carbocycles. The van der Waals surface area contributed by atoms with Gasteiger partial charge >= 0.3 is 0 Å². The fourth-order valence-corrected chi connectivity index (χ4v) is 3.85. The van der Waals surface area contributed by atoms with Crippen LogP contribution in [0.25, 0.3) is 0 Å². The lowest BCUT2D eigenvalue weighted by Crippen LogP contribution is -2.41. The largest absolute Gasteiger partial charge is 0.349 e. The molecule has 0 bridgehead atoms. The highest BCUT2D eigenvalue weighted by Crippen LogP contribution is 2.16. The number of benzene rings is 1. The Balaban J connectivity index is 2.04. The van der Waals surface area contributed by atoms with Crippen LogP contribution in [0.5, 0.6) is 0 Å². The molecule has 1 aromatic rings. The van der Waals surface area contributed by atoms with Crippen LogP contribution in [0.3, 0.4) is 0 Å². The van der Waals surface area contributed by atoms with Crippen molar-refractivity contribution in [2.24, 2.45) is 0 Å². The summed E-state index contributed by atoms with van der Waals surface area (Å²) in [5.41, 5.74) is 1.49. The summed E-state index contributed by atoms with van der Waals surface area (Å²) in [4.78, 5) is 12.9. The molecule has 1 amide bonds. The van der Waals surface area contributed by atoms with Crippen LogP contribution < -0.4 is 5.32 Å². The Morgan fingerprint density at radius 3 is 2.58 bits per heavy atom. The second-order valence-electron chi connectivity index (χ2n) is 4.90. The molecular formula is C13H17NO3S2. The molecular weight excluding hydrogens is 282 g/mol. The molecule has 0 aromatic heterocycles. The lowest BCUT2D eigenvalue weighted by atomic mass is 10.1. The van der Waals surface area contributed by atoms with Gasteiger partial charge in [-0.3, -0.25) is 4.79 Å².